The molecule has 18 heavy (non-hydrogen) atoms. The van der Waals surface area contributed by atoms with Gasteiger partial charge in [0, 0.05) is 24.3 Å². The SMILES string of the molecule is COC(=O)c1cccnc1CSc1ncccn1. The first-order chi connectivity index (χ1) is 8.81. The number of rotatable bonds is 4. The molecule has 0 unspecified atom stereocenters. The number of aromatic nitrogens is 3. The molecule has 0 aromatic carbocycles. The van der Waals surface area contributed by atoms with Crippen LogP contribution in [0.2, 0.25) is 0 Å². The third-order valence-electron chi connectivity index (χ3n) is 2.18. The minimum absolute atomic E-state index is 0.382. The molecule has 5 nitrogen and oxygen atoms in total. The van der Waals surface area contributed by atoms with Gasteiger partial charge in [0.2, 0.25) is 0 Å². The van der Waals surface area contributed by atoms with E-state index in [1.165, 1.54) is 18.9 Å². The molecule has 0 aliphatic heterocycles. The van der Waals surface area contributed by atoms with E-state index in [2.05, 4.69) is 15.0 Å². The first-order valence-corrected chi connectivity index (χ1v) is 6.22. The third-order valence-corrected chi connectivity index (χ3v) is 3.06. The Kier molecular flexibility index (Phi) is 4.25. The lowest BCUT2D eigenvalue weighted by atomic mass is 10.2. The summed E-state index contributed by atoms with van der Waals surface area (Å²) in [6.45, 7) is 0. The number of hydrogen-bond donors (Lipinski definition) is 0. The van der Waals surface area contributed by atoms with Crippen LogP contribution in [0.15, 0.2) is 41.9 Å². The van der Waals surface area contributed by atoms with Gasteiger partial charge in [-0.15, -0.1) is 0 Å². The van der Waals surface area contributed by atoms with Gasteiger partial charge in [0.25, 0.3) is 0 Å². The van der Waals surface area contributed by atoms with E-state index >= 15 is 0 Å². The molecule has 2 aromatic heterocycles. The Labute approximate surface area is 109 Å². The van der Waals surface area contributed by atoms with Gasteiger partial charge in [-0.05, 0) is 18.2 Å². The fourth-order valence-corrected chi connectivity index (χ4v) is 2.11. The predicted molar refractivity (Wildman–Crippen MR) is 67.2 cm³/mol. The Balaban J connectivity index is 2.12. The Morgan fingerprint density at radius 2 is 1.94 bits per heavy atom. The summed E-state index contributed by atoms with van der Waals surface area (Å²) >= 11 is 1.42. The molecule has 2 aromatic rings. The van der Waals surface area contributed by atoms with Crippen LogP contribution in [-0.2, 0) is 10.5 Å². The van der Waals surface area contributed by atoms with E-state index < -0.39 is 0 Å². The van der Waals surface area contributed by atoms with Gasteiger partial charge in [-0.1, -0.05) is 11.8 Å². The van der Waals surface area contributed by atoms with Crippen molar-refractivity contribution in [2.45, 2.75) is 10.9 Å². The molecule has 6 heteroatoms. The highest BCUT2D eigenvalue weighted by Crippen LogP contribution is 2.19. The maximum Gasteiger partial charge on any atom is 0.339 e. The molecule has 0 atom stereocenters. The van der Waals surface area contributed by atoms with Gasteiger partial charge in [0.1, 0.15) is 0 Å². The van der Waals surface area contributed by atoms with Gasteiger partial charge in [-0.25, -0.2) is 14.8 Å². The van der Waals surface area contributed by atoms with Crippen molar-refractivity contribution in [3.63, 3.8) is 0 Å². The highest BCUT2D eigenvalue weighted by molar-refractivity contribution is 7.98. The van der Waals surface area contributed by atoms with Crippen molar-refractivity contribution in [1.29, 1.82) is 0 Å². The second kappa shape index (κ2) is 6.11. The molecule has 2 heterocycles. The van der Waals surface area contributed by atoms with Gasteiger partial charge in [0.05, 0.1) is 18.4 Å². The number of esters is 1. The molecule has 0 aliphatic carbocycles. The zero-order chi connectivity index (χ0) is 12.8. The van der Waals surface area contributed by atoms with E-state index in [9.17, 15) is 4.79 Å². The summed E-state index contributed by atoms with van der Waals surface area (Å²) < 4.78 is 4.71. The Bertz CT molecular complexity index is 534. The number of carbonyl (C=O) groups excluding carboxylic acids is 1. The van der Waals surface area contributed by atoms with Crippen LogP contribution in [0.5, 0.6) is 0 Å². The van der Waals surface area contributed by atoms with E-state index in [4.69, 9.17) is 4.74 Å². The molecule has 0 amide bonds. The molecule has 2 rings (SSSR count). The maximum atomic E-state index is 11.5. The summed E-state index contributed by atoms with van der Waals surface area (Å²) in [5.41, 5.74) is 1.14. The van der Waals surface area contributed by atoms with Crippen molar-refractivity contribution in [1.82, 2.24) is 15.0 Å². The van der Waals surface area contributed by atoms with Crippen LogP contribution in [0.4, 0.5) is 0 Å². The Morgan fingerprint density at radius 1 is 1.22 bits per heavy atom. The monoisotopic (exact) mass is 261 g/mol. The molecule has 0 saturated heterocycles. The lowest BCUT2D eigenvalue weighted by Crippen LogP contribution is -2.06. The van der Waals surface area contributed by atoms with Crippen molar-refractivity contribution < 1.29 is 9.53 Å². The fraction of sp³-hybridized carbons (Fsp3) is 0.167. The average molecular weight is 261 g/mol. The number of nitrogens with zero attached hydrogens (tertiary/aromatic N) is 3. The van der Waals surface area contributed by atoms with Gasteiger partial charge in [0.15, 0.2) is 5.16 Å². The zero-order valence-electron chi connectivity index (χ0n) is 9.74. The maximum absolute atomic E-state index is 11.5. The number of pyridine rings is 1. The van der Waals surface area contributed by atoms with E-state index in [1.54, 1.807) is 36.8 Å². The van der Waals surface area contributed by atoms with E-state index in [0.717, 1.165) is 0 Å². The standard InChI is InChI=1S/C12H11N3O2S/c1-17-11(16)9-4-2-5-13-10(9)8-18-12-14-6-3-7-15-12/h2-7H,8H2,1H3. The van der Waals surface area contributed by atoms with Gasteiger partial charge in [-0.2, -0.15) is 0 Å². The summed E-state index contributed by atoms with van der Waals surface area (Å²) in [6, 6.07) is 5.16. The van der Waals surface area contributed by atoms with Gasteiger partial charge >= 0.3 is 5.97 Å². The highest BCUT2D eigenvalue weighted by Gasteiger charge is 2.12. The highest BCUT2D eigenvalue weighted by atomic mass is 32.2. The summed E-state index contributed by atoms with van der Waals surface area (Å²) in [4.78, 5) is 23.9. The van der Waals surface area contributed by atoms with Crippen LogP contribution in [-0.4, -0.2) is 28.0 Å². The lowest BCUT2D eigenvalue weighted by molar-refractivity contribution is 0.0599. The smallest absolute Gasteiger partial charge is 0.339 e. The minimum Gasteiger partial charge on any atom is -0.465 e. The largest absolute Gasteiger partial charge is 0.465 e. The molecular weight excluding hydrogens is 250 g/mol. The first-order valence-electron chi connectivity index (χ1n) is 5.23. The van der Waals surface area contributed by atoms with E-state index in [0.29, 0.717) is 22.2 Å². The van der Waals surface area contributed by atoms with Gasteiger partial charge in [-0.3, -0.25) is 4.98 Å². The molecule has 0 N–H and O–H groups in total. The molecule has 0 aliphatic rings. The lowest BCUT2D eigenvalue weighted by Gasteiger charge is -2.05. The van der Waals surface area contributed by atoms with Crippen LogP contribution in [0.3, 0.4) is 0 Å². The van der Waals surface area contributed by atoms with Crippen LogP contribution in [0.25, 0.3) is 0 Å². The van der Waals surface area contributed by atoms with Gasteiger partial charge < -0.3 is 4.74 Å². The van der Waals surface area contributed by atoms with Crippen molar-refractivity contribution in [2.24, 2.45) is 0 Å². The van der Waals surface area contributed by atoms with Crippen molar-refractivity contribution in [2.75, 3.05) is 7.11 Å². The molecule has 0 fully saturated rings. The molecule has 0 saturated carbocycles. The predicted octanol–water partition coefficient (Wildman–Crippen LogP) is 1.95. The van der Waals surface area contributed by atoms with Crippen LogP contribution in [0.1, 0.15) is 16.1 Å². The second-order valence-corrected chi connectivity index (χ2v) is 4.25. The normalized spacial score (nSPS) is 10.1. The summed E-state index contributed by atoms with van der Waals surface area (Å²) in [6.07, 6.45) is 5.00. The van der Waals surface area contributed by atoms with Crippen molar-refractivity contribution in [3.8, 4) is 0 Å². The molecule has 0 radical (unpaired) electrons. The fourth-order valence-electron chi connectivity index (χ4n) is 1.34. The third kappa shape index (κ3) is 3.04. The molecule has 0 bridgehead atoms. The number of methoxy groups -OCH3 is 1. The Morgan fingerprint density at radius 3 is 2.67 bits per heavy atom. The van der Waals surface area contributed by atoms with E-state index in [1.807, 2.05) is 0 Å². The number of carbonyl (C=O) groups is 1. The molecule has 92 valence electrons. The van der Waals surface area contributed by atoms with Crippen molar-refractivity contribution >= 4 is 17.7 Å². The van der Waals surface area contributed by atoms with Crippen LogP contribution in [0, 0.1) is 0 Å². The molecule has 0 spiro atoms. The van der Waals surface area contributed by atoms with Crippen molar-refractivity contribution in [3.05, 3.63) is 48.0 Å². The summed E-state index contributed by atoms with van der Waals surface area (Å²) in [5, 5.41) is 0.652. The quantitative estimate of drug-likeness (QED) is 0.476. The molecular formula is C12H11N3O2S. The second-order valence-electron chi connectivity index (χ2n) is 3.31. The average Bonchev–Trinajstić information content (AvgIpc) is 2.45. The number of thioether (sulfide) groups is 1. The summed E-state index contributed by atoms with van der Waals surface area (Å²) in [5.74, 6) is 0.141. The zero-order valence-corrected chi connectivity index (χ0v) is 10.6. The number of hydrogen-bond acceptors (Lipinski definition) is 6. The number of ether oxygens (including phenoxy) is 1. The first kappa shape index (κ1) is 12.5. The van der Waals surface area contributed by atoms with Crippen LogP contribution >= 0.6 is 11.8 Å². The summed E-state index contributed by atoms with van der Waals surface area (Å²) in [7, 11) is 1.35. The minimum atomic E-state index is -0.382. The topological polar surface area (TPSA) is 65.0 Å². The van der Waals surface area contributed by atoms with E-state index in [-0.39, 0.29) is 5.97 Å². The Hall–Kier alpha value is -1.95. The van der Waals surface area contributed by atoms with Crippen LogP contribution < -0.4 is 0 Å².